The highest BCUT2D eigenvalue weighted by atomic mass is 35.5. The zero-order valence-electron chi connectivity index (χ0n) is 15.8. The van der Waals surface area contributed by atoms with Crippen LogP contribution < -0.4 is 14.4 Å². The molecule has 30 heavy (non-hydrogen) atoms. The van der Waals surface area contributed by atoms with Crippen molar-refractivity contribution < 1.29 is 22.3 Å². The Kier molecular flexibility index (Phi) is 7.02. The van der Waals surface area contributed by atoms with Gasteiger partial charge in [-0.2, -0.15) is 0 Å². The van der Waals surface area contributed by atoms with Crippen molar-refractivity contribution in [1.29, 1.82) is 0 Å². The molecule has 3 rings (SSSR count). The third-order valence-corrected chi connectivity index (χ3v) is 6.18. The number of nitrogens with zero attached hydrogens (tertiary/aromatic N) is 1. The number of ether oxygens (including phenoxy) is 1. The van der Waals surface area contributed by atoms with Gasteiger partial charge in [-0.25, -0.2) is 17.5 Å². The van der Waals surface area contributed by atoms with Gasteiger partial charge in [-0.1, -0.05) is 34.8 Å². The molecule has 0 aromatic heterocycles. The molecule has 0 saturated carbocycles. The topological polar surface area (TPSA) is 75.7 Å². The van der Waals surface area contributed by atoms with E-state index in [1.54, 1.807) is 16.9 Å². The molecule has 0 spiro atoms. The lowest BCUT2D eigenvalue weighted by molar-refractivity contribution is 0.0977. The standard InChI is InChI=1S/C19H18Cl3FN2O4S/c1-30(27,28)24-19(26)13-8-16(22)18(9-17(13)23)29-10-12-3-2-6-25(12)11-4-5-14(20)15(21)7-11/h4-5,7-9,12H,2-3,6,10H2,1H3,(H,24,26)/t12-/m1/s1. The smallest absolute Gasteiger partial charge is 0.267 e. The summed E-state index contributed by atoms with van der Waals surface area (Å²) in [7, 11) is -3.83. The van der Waals surface area contributed by atoms with E-state index in [1.807, 2.05) is 6.07 Å². The molecule has 1 N–H and O–H groups in total. The zero-order valence-corrected chi connectivity index (χ0v) is 18.9. The monoisotopic (exact) mass is 494 g/mol. The van der Waals surface area contributed by atoms with E-state index in [2.05, 4.69) is 4.90 Å². The average molecular weight is 496 g/mol. The molecule has 1 aliphatic rings. The Morgan fingerprint density at radius 1 is 1.20 bits per heavy atom. The van der Waals surface area contributed by atoms with E-state index in [0.29, 0.717) is 10.0 Å². The maximum Gasteiger partial charge on any atom is 0.267 e. The number of nitrogens with one attached hydrogen (secondary N) is 1. The molecule has 0 aliphatic carbocycles. The van der Waals surface area contributed by atoms with Crippen molar-refractivity contribution in [2.24, 2.45) is 0 Å². The summed E-state index contributed by atoms with van der Waals surface area (Å²) in [6.45, 7) is 1.03. The number of halogens is 4. The number of rotatable bonds is 6. The molecule has 0 bridgehead atoms. The van der Waals surface area contributed by atoms with Gasteiger partial charge < -0.3 is 9.64 Å². The number of amides is 1. The first-order valence-electron chi connectivity index (χ1n) is 8.91. The van der Waals surface area contributed by atoms with Crippen LogP contribution in [0.5, 0.6) is 5.75 Å². The van der Waals surface area contributed by atoms with Crippen molar-refractivity contribution in [3.8, 4) is 5.75 Å². The molecule has 1 heterocycles. The summed E-state index contributed by atoms with van der Waals surface area (Å²) in [6.07, 6.45) is 2.60. The number of sulfonamides is 1. The van der Waals surface area contributed by atoms with Crippen molar-refractivity contribution in [1.82, 2.24) is 4.72 Å². The number of hydrogen-bond donors (Lipinski definition) is 1. The van der Waals surface area contributed by atoms with Crippen molar-refractivity contribution in [3.05, 3.63) is 56.8 Å². The fourth-order valence-corrected chi connectivity index (χ4v) is 4.19. The summed E-state index contributed by atoms with van der Waals surface area (Å²) < 4.78 is 44.1. The van der Waals surface area contributed by atoms with E-state index in [0.717, 1.165) is 43.5 Å². The van der Waals surface area contributed by atoms with E-state index in [4.69, 9.17) is 39.5 Å². The highest BCUT2D eigenvalue weighted by Crippen LogP contribution is 2.33. The minimum atomic E-state index is -3.83. The second-order valence-electron chi connectivity index (χ2n) is 6.86. The summed E-state index contributed by atoms with van der Waals surface area (Å²) in [4.78, 5) is 14.0. The first-order valence-corrected chi connectivity index (χ1v) is 11.9. The minimum absolute atomic E-state index is 0.00543. The number of carbonyl (C=O) groups is 1. The predicted molar refractivity (Wildman–Crippen MR) is 116 cm³/mol. The van der Waals surface area contributed by atoms with Crippen LogP contribution in [0.4, 0.5) is 10.1 Å². The number of anilines is 1. The largest absolute Gasteiger partial charge is 0.490 e. The van der Waals surface area contributed by atoms with Crippen LogP contribution in [0.3, 0.4) is 0 Å². The molecule has 6 nitrogen and oxygen atoms in total. The first kappa shape index (κ1) is 22.9. The molecular formula is C19H18Cl3FN2O4S. The fraction of sp³-hybridized carbons (Fsp3) is 0.316. The molecule has 0 unspecified atom stereocenters. The van der Waals surface area contributed by atoms with Gasteiger partial charge in [0.2, 0.25) is 10.0 Å². The third-order valence-electron chi connectivity index (χ3n) is 4.59. The molecule has 1 saturated heterocycles. The number of carbonyl (C=O) groups excluding carboxylic acids is 1. The number of benzene rings is 2. The van der Waals surface area contributed by atoms with Gasteiger partial charge >= 0.3 is 0 Å². The average Bonchev–Trinajstić information content (AvgIpc) is 3.11. The van der Waals surface area contributed by atoms with Crippen LogP contribution in [-0.4, -0.2) is 39.8 Å². The van der Waals surface area contributed by atoms with Gasteiger partial charge in [0.15, 0.2) is 0 Å². The van der Waals surface area contributed by atoms with Gasteiger partial charge in [0, 0.05) is 18.3 Å². The molecule has 2 aromatic carbocycles. The van der Waals surface area contributed by atoms with Gasteiger partial charge in [0.05, 0.1) is 32.9 Å². The zero-order chi connectivity index (χ0) is 22.1. The molecular weight excluding hydrogens is 478 g/mol. The summed E-state index contributed by atoms with van der Waals surface area (Å²) in [5.74, 6) is -1.99. The number of hydrogen-bond acceptors (Lipinski definition) is 5. The molecule has 1 aliphatic heterocycles. The van der Waals surface area contributed by atoms with Gasteiger partial charge in [-0.05, 0) is 37.1 Å². The lowest BCUT2D eigenvalue weighted by Crippen LogP contribution is -2.34. The Balaban J connectivity index is 1.72. The predicted octanol–water partition coefficient (Wildman–Crippen LogP) is 4.52. The van der Waals surface area contributed by atoms with Gasteiger partial charge in [0.1, 0.15) is 18.2 Å². The van der Waals surface area contributed by atoms with Crippen molar-refractivity contribution in [2.45, 2.75) is 18.9 Å². The fourth-order valence-electron chi connectivity index (χ4n) is 3.24. The summed E-state index contributed by atoms with van der Waals surface area (Å²) in [6, 6.07) is 7.39. The van der Waals surface area contributed by atoms with E-state index < -0.39 is 27.3 Å². The third kappa shape index (κ3) is 5.49. The second-order valence-corrected chi connectivity index (χ2v) is 9.83. The Labute approximate surface area is 188 Å². The van der Waals surface area contributed by atoms with E-state index in [9.17, 15) is 17.6 Å². The van der Waals surface area contributed by atoms with Crippen molar-refractivity contribution in [2.75, 3.05) is 24.3 Å². The minimum Gasteiger partial charge on any atom is -0.490 e. The SMILES string of the molecule is CS(=O)(=O)NC(=O)c1cc(Cl)c(OC[C@H]2CCCN2c2ccc(Cl)c(Cl)c2)cc1F. The van der Waals surface area contributed by atoms with E-state index in [1.165, 1.54) is 0 Å². The Hall–Kier alpha value is -1.74. The maximum atomic E-state index is 14.3. The van der Waals surface area contributed by atoms with Crippen LogP contribution in [0, 0.1) is 5.82 Å². The Bertz CT molecular complexity index is 1080. The van der Waals surface area contributed by atoms with Crippen LogP contribution in [0.1, 0.15) is 23.2 Å². The van der Waals surface area contributed by atoms with Crippen molar-refractivity contribution >= 4 is 56.4 Å². The molecule has 1 amide bonds. The maximum absolute atomic E-state index is 14.3. The summed E-state index contributed by atoms with van der Waals surface area (Å²) in [5.41, 5.74) is 0.414. The van der Waals surface area contributed by atoms with Crippen molar-refractivity contribution in [3.63, 3.8) is 0 Å². The molecule has 1 fully saturated rings. The van der Waals surface area contributed by atoms with Gasteiger partial charge in [0.25, 0.3) is 5.91 Å². The van der Waals surface area contributed by atoms with Gasteiger partial charge in [-0.15, -0.1) is 0 Å². The lowest BCUT2D eigenvalue weighted by atomic mass is 10.2. The normalized spacial score (nSPS) is 16.6. The summed E-state index contributed by atoms with van der Waals surface area (Å²) in [5, 5.41) is 0.914. The molecule has 2 aromatic rings. The van der Waals surface area contributed by atoms with Crippen LogP contribution in [0.15, 0.2) is 30.3 Å². The van der Waals surface area contributed by atoms with Crippen LogP contribution >= 0.6 is 34.8 Å². The molecule has 11 heteroatoms. The van der Waals surface area contributed by atoms with Crippen LogP contribution in [0.25, 0.3) is 0 Å². The highest BCUT2D eigenvalue weighted by molar-refractivity contribution is 7.89. The van der Waals surface area contributed by atoms with Crippen LogP contribution in [-0.2, 0) is 10.0 Å². The Morgan fingerprint density at radius 2 is 1.93 bits per heavy atom. The molecule has 162 valence electrons. The quantitative estimate of drug-likeness (QED) is 0.637. The lowest BCUT2D eigenvalue weighted by Gasteiger charge is -2.27. The first-order chi connectivity index (χ1) is 14.0. The van der Waals surface area contributed by atoms with E-state index >= 15 is 0 Å². The van der Waals surface area contributed by atoms with Gasteiger partial charge in [-0.3, -0.25) is 4.79 Å². The molecule has 0 radical (unpaired) electrons. The summed E-state index contributed by atoms with van der Waals surface area (Å²) >= 11 is 18.2. The molecule has 1 atom stereocenters. The van der Waals surface area contributed by atoms with Crippen LogP contribution in [0.2, 0.25) is 15.1 Å². The van der Waals surface area contributed by atoms with E-state index in [-0.39, 0.29) is 23.4 Å². The Morgan fingerprint density at radius 3 is 2.60 bits per heavy atom. The highest BCUT2D eigenvalue weighted by Gasteiger charge is 2.26. The second kappa shape index (κ2) is 9.18.